The van der Waals surface area contributed by atoms with Crippen LogP contribution in [0.15, 0.2) is 59.7 Å². The molecular formula is C28H28N2O7. The molecule has 0 fully saturated rings. The number of esters is 2. The molecule has 0 aromatic heterocycles. The van der Waals surface area contributed by atoms with Crippen LogP contribution in [0.25, 0.3) is 12.2 Å². The summed E-state index contributed by atoms with van der Waals surface area (Å²) < 4.78 is 15.8. The molecule has 9 heteroatoms. The van der Waals surface area contributed by atoms with Crippen LogP contribution < -0.4 is 4.74 Å². The predicted molar refractivity (Wildman–Crippen MR) is 135 cm³/mol. The molecule has 2 rings (SSSR count). The Hall–Kier alpha value is -4.60. The number of rotatable bonds is 12. The van der Waals surface area contributed by atoms with E-state index in [0.717, 1.165) is 0 Å². The van der Waals surface area contributed by atoms with Gasteiger partial charge in [0.15, 0.2) is 0 Å². The van der Waals surface area contributed by atoms with Gasteiger partial charge >= 0.3 is 11.9 Å². The highest BCUT2D eigenvalue weighted by atomic mass is 16.5. The van der Waals surface area contributed by atoms with Crippen molar-refractivity contribution in [3.05, 3.63) is 70.8 Å². The van der Waals surface area contributed by atoms with Gasteiger partial charge in [0.2, 0.25) is 0 Å². The van der Waals surface area contributed by atoms with E-state index in [2.05, 4.69) is 0 Å². The summed E-state index contributed by atoms with van der Waals surface area (Å²) in [6, 6.07) is 16.2. The molecule has 0 aliphatic heterocycles. The average Bonchev–Trinajstić information content (AvgIpc) is 2.92. The van der Waals surface area contributed by atoms with E-state index in [1.165, 1.54) is 24.3 Å². The molecule has 0 aliphatic rings. The van der Waals surface area contributed by atoms with Gasteiger partial charge in [0.05, 0.1) is 19.3 Å². The lowest BCUT2D eigenvalue weighted by atomic mass is 10.1. The Kier molecular flexibility index (Phi) is 11.4. The Morgan fingerprint density at radius 2 is 1.32 bits per heavy atom. The normalized spacial score (nSPS) is 13.0. The van der Waals surface area contributed by atoms with E-state index in [4.69, 9.17) is 14.2 Å². The van der Waals surface area contributed by atoms with Gasteiger partial charge in [-0.2, -0.15) is 10.5 Å². The number of phenols is 1. The highest BCUT2D eigenvalue weighted by molar-refractivity contribution is 5.98. The van der Waals surface area contributed by atoms with Gasteiger partial charge in [-0.15, -0.1) is 0 Å². The van der Waals surface area contributed by atoms with Gasteiger partial charge in [-0.25, -0.2) is 9.59 Å². The van der Waals surface area contributed by atoms with Crippen LogP contribution in [0.4, 0.5) is 0 Å². The van der Waals surface area contributed by atoms with Crippen LogP contribution in [0.5, 0.6) is 11.5 Å². The first-order valence-corrected chi connectivity index (χ1v) is 11.5. The van der Waals surface area contributed by atoms with Crippen LogP contribution in [0.1, 0.15) is 31.4 Å². The second-order valence-corrected chi connectivity index (χ2v) is 8.18. The maximum absolute atomic E-state index is 12.3. The Morgan fingerprint density at radius 3 is 1.76 bits per heavy atom. The van der Waals surface area contributed by atoms with Crippen molar-refractivity contribution in [2.45, 2.75) is 26.4 Å². The van der Waals surface area contributed by atoms with Crippen LogP contribution in [0, 0.1) is 28.6 Å². The lowest BCUT2D eigenvalue weighted by molar-refractivity contribution is -0.143. The van der Waals surface area contributed by atoms with E-state index in [9.17, 15) is 30.3 Å². The number of aliphatic hydroxyl groups excluding tert-OH is 1. The van der Waals surface area contributed by atoms with Gasteiger partial charge in [-0.1, -0.05) is 38.1 Å². The molecule has 0 amide bonds. The smallest absolute Gasteiger partial charge is 0.348 e. The molecule has 0 bridgehead atoms. The molecule has 2 aromatic rings. The van der Waals surface area contributed by atoms with Crippen LogP contribution in [0.2, 0.25) is 0 Å². The van der Waals surface area contributed by atoms with Gasteiger partial charge < -0.3 is 24.4 Å². The molecule has 0 saturated carbocycles. The van der Waals surface area contributed by atoms with Gasteiger partial charge in [-0.05, 0) is 54.0 Å². The number of hydrogen-bond donors (Lipinski definition) is 2. The summed E-state index contributed by atoms with van der Waals surface area (Å²) >= 11 is 0. The summed E-state index contributed by atoms with van der Waals surface area (Å²) in [5.74, 6) is -1.44. The highest BCUT2D eigenvalue weighted by Crippen LogP contribution is 2.16. The number of phenolic OH excluding ortho intramolecular Hbond substituents is 1. The fourth-order valence-electron chi connectivity index (χ4n) is 2.79. The lowest BCUT2D eigenvalue weighted by Crippen LogP contribution is -2.19. The highest BCUT2D eigenvalue weighted by Gasteiger charge is 2.16. The molecule has 0 spiro atoms. The largest absolute Gasteiger partial charge is 0.508 e. The van der Waals surface area contributed by atoms with E-state index < -0.39 is 24.0 Å². The molecule has 9 nitrogen and oxygen atoms in total. The first-order valence-electron chi connectivity index (χ1n) is 11.5. The summed E-state index contributed by atoms with van der Waals surface area (Å²) in [6.07, 6.45) is 2.74. The number of ether oxygens (including phenoxy) is 3. The maximum Gasteiger partial charge on any atom is 0.348 e. The molecular weight excluding hydrogens is 476 g/mol. The van der Waals surface area contributed by atoms with Crippen molar-refractivity contribution in [2.75, 3.05) is 19.8 Å². The molecule has 192 valence electrons. The Balaban J connectivity index is 1.86. The third-order valence-corrected chi connectivity index (χ3v) is 4.99. The van der Waals surface area contributed by atoms with Crippen LogP contribution in [0.3, 0.4) is 0 Å². The minimum absolute atomic E-state index is 0.0582. The molecule has 0 heterocycles. The van der Waals surface area contributed by atoms with E-state index in [0.29, 0.717) is 23.3 Å². The zero-order chi connectivity index (χ0) is 27.2. The van der Waals surface area contributed by atoms with Crippen molar-refractivity contribution >= 4 is 24.1 Å². The van der Waals surface area contributed by atoms with Gasteiger partial charge in [-0.3, -0.25) is 0 Å². The summed E-state index contributed by atoms with van der Waals surface area (Å²) in [6.45, 7) is 3.48. The third-order valence-electron chi connectivity index (χ3n) is 4.99. The van der Waals surface area contributed by atoms with Gasteiger partial charge in [0.1, 0.15) is 41.4 Å². The second-order valence-electron chi connectivity index (χ2n) is 8.18. The molecule has 0 aliphatic carbocycles. The molecule has 2 N–H and O–H groups in total. The van der Waals surface area contributed by atoms with Crippen molar-refractivity contribution in [1.82, 2.24) is 0 Å². The van der Waals surface area contributed by atoms with Crippen molar-refractivity contribution in [3.63, 3.8) is 0 Å². The molecule has 2 atom stereocenters. The van der Waals surface area contributed by atoms with E-state index in [-0.39, 0.29) is 36.7 Å². The minimum atomic E-state index is -0.831. The third kappa shape index (κ3) is 9.88. The minimum Gasteiger partial charge on any atom is -0.508 e. The number of nitriles is 2. The van der Waals surface area contributed by atoms with Crippen molar-refractivity contribution in [1.29, 1.82) is 10.5 Å². The Morgan fingerprint density at radius 1 is 0.865 bits per heavy atom. The summed E-state index contributed by atoms with van der Waals surface area (Å²) in [5.41, 5.74) is 0.704. The molecule has 2 unspecified atom stereocenters. The first-order chi connectivity index (χ1) is 17.7. The number of aliphatic hydroxyl groups is 1. The number of carbonyl (C=O) groups excluding carboxylic acids is 2. The number of nitrogens with zero attached hydrogens (tertiary/aromatic N) is 2. The fourth-order valence-corrected chi connectivity index (χ4v) is 2.79. The van der Waals surface area contributed by atoms with Crippen molar-refractivity contribution in [2.24, 2.45) is 5.92 Å². The zero-order valence-corrected chi connectivity index (χ0v) is 20.6. The lowest BCUT2D eigenvalue weighted by Gasteiger charge is -2.12. The summed E-state index contributed by atoms with van der Waals surface area (Å²) in [5, 5.41) is 37.5. The Bertz CT molecular complexity index is 1200. The monoisotopic (exact) mass is 504 g/mol. The van der Waals surface area contributed by atoms with Crippen LogP contribution >= 0.6 is 0 Å². The molecule has 2 aromatic carbocycles. The standard InChI is InChI=1S/C28H28N2O7/c1-3-24(31)18-35-26-10-6-21(7-11-26)13-23(15-30)28(34)37-17-19(2)16-36-27(33)22(14-29)12-20-4-8-25(32)9-5-20/h4-13,19,24,31-32H,3,16-18H2,1-2H3/b22-12+,23-13+. The van der Waals surface area contributed by atoms with Crippen molar-refractivity contribution < 1.29 is 34.0 Å². The number of aromatic hydroxyl groups is 1. The second kappa shape index (κ2) is 14.7. The first kappa shape index (κ1) is 28.6. The Labute approximate surface area is 215 Å². The molecule has 0 saturated heterocycles. The van der Waals surface area contributed by atoms with Crippen molar-refractivity contribution in [3.8, 4) is 23.6 Å². The molecule has 0 radical (unpaired) electrons. The summed E-state index contributed by atoms with van der Waals surface area (Å²) in [7, 11) is 0. The maximum atomic E-state index is 12.3. The topological polar surface area (TPSA) is 150 Å². The SMILES string of the molecule is CCC(O)COc1ccc(/C=C(\C#N)C(=O)OCC(C)COC(=O)/C(C#N)=C/c2ccc(O)cc2)cc1. The van der Waals surface area contributed by atoms with E-state index in [1.807, 2.05) is 13.0 Å². The quantitative estimate of drug-likeness (QED) is 0.250. The van der Waals surface area contributed by atoms with Gasteiger partial charge in [0, 0.05) is 5.92 Å². The van der Waals surface area contributed by atoms with Crippen LogP contribution in [-0.2, 0) is 19.1 Å². The number of hydrogen-bond acceptors (Lipinski definition) is 9. The summed E-state index contributed by atoms with van der Waals surface area (Å²) in [4.78, 5) is 24.6. The number of carbonyl (C=O) groups is 2. The molecule has 37 heavy (non-hydrogen) atoms. The fraction of sp³-hybridized carbons (Fsp3) is 0.286. The average molecular weight is 505 g/mol. The van der Waals surface area contributed by atoms with E-state index >= 15 is 0 Å². The number of benzene rings is 2. The van der Waals surface area contributed by atoms with Gasteiger partial charge in [0.25, 0.3) is 0 Å². The van der Waals surface area contributed by atoms with E-state index in [1.54, 1.807) is 49.4 Å². The zero-order valence-electron chi connectivity index (χ0n) is 20.6. The predicted octanol–water partition coefficient (Wildman–Crippen LogP) is 3.78. The van der Waals surface area contributed by atoms with Crippen LogP contribution in [-0.4, -0.2) is 48.1 Å².